The van der Waals surface area contributed by atoms with E-state index < -0.39 is 5.91 Å². The lowest BCUT2D eigenvalue weighted by Gasteiger charge is -2.05. The predicted octanol–water partition coefficient (Wildman–Crippen LogP) is 2.95. The normalized spacial score (nSPS) is 10.7. The van der Waals surface area contributed by atoms with Crippen LogP contribution in [-0.4, -0.2) is 20.7 Å². The molecule has 0 fully saturated rings. The van der Waals surface area contributed by atoms with Crippen LogP contribution in [-0.2, 0) is 0 Å². The number of carbonyl (C=O) groups is 1. The highest BCUT2D eigenvalue weighted by molar-refractivity contribution is 6.02. The van der Waals surface area contributed by atoms with Gasteiger partial charge < -0.3 is 10.2 Å². The molecule has 3 aromatic rings. The third-order valence-electron chi connectivity index (χ3n) is 3.27. The SMILES string of the molecule is O=NC(=O)c1ccc2c(O)n(-c3ccccc3)c(O)c2c1. The molecule has 1 amide bonds. The van der Waals surface area contributed by atoms with E-state index in [1.807, 2.05) is 6.07 Å². The van der Waals surface area contributed by atoms with Crippen LogP contribution in [0, 0.1) is 4.91 Å². The zero-order valence-electron chi connectivity index (χ0n) is 10.7. The average molecular weight is 282 g/mol. The molecule has 0 aliphatic rings. The third-order valence-corrected chi connectivity index (χ3v) is 3.27. The molecule has 1 aromatic heterocycles. The molecule has 0 saturated carbocycles. The number of aromatic nitrogens is 1. The smallest absolute Gasteiger partial charge is 0.316 e. The molecule has 6 heteroatoms. The summed E-state index contributed by atoms with van der Waals surface area (Å²) in [4.78, 5) is 21.6. The van der Waals surface area contributed by atoms with Gasteiger partial charge in [0, 0.05) is 21.5 Å². The molecule has 1 heterocycles. The van der Waals surface area contributed by atoms with E-state index in [9.17, 15) is 19.9 Å². The Morgan fingerprint density at radius 2 is 1.62 bits per heavy atom. The standard InChI is InChI=1S/C15H10N2O4/c18-13(16-21)9-6-7-11-12(8-9)15(20)17(14(11)19)10-4-2-1-3-5-10/h1-8,19-20H. The van der Waals surface area contributed by atoms with Gasteiger partial charge in [0.15, 0.2) is 0 Å². The van der Waals surface area contributed by atoms with Crippen molar-refractivity contribution in [2.24, 2.45) is 5.18 Å². The zero-order valence-corrected chi connectivity index (χ0v) is 10.7. The van der Waals surface area contributed by atoms with Crippen molar-refractivity contribution in [2.45, 2.75) is 0 Å². The second-order valence-electron chi connectivity index (χ2n) is 4.47. The fraction of sp³-hybridized carbons (Fsp3) is 0. The maximum absolute atomic E-state index is 11.3. The van der Waals surface area contributed by atoms with Crippen molar-refractivity contribution in [1.29, 1.82) is 0 Å². The molecule has 0 bridgehead atoms. The highest BCUT2D eigenvalue weighted by atomic mass is 16.3. The molecule has 21 heavy (non-hydrogen) atoms. The van der Waals surface area contributed by atoms with Crippen LogP contribution in [0.1, 0.15) is 10.4 Å². The first kappa shape index (κ1) is 12.9. The van der Waals surface area contributed by atoms with Crippen LogP contribution in [0.15, 0.2) is 53.7 Å². The van der Waals surface area contributed by atoms with Gasteiger partial charge in [0.25, 0.3) is 0 Å². The largest absolute Gasteiger partial charge is 0.494 e. The summed E-state index contributed by atoms with van der Waals surface area (Å²) < 4.78 is 1.26. The minimum absolute atomic E-state index is 0.0537. The Morgan fingerprint density at radius 3 is 2.29 bits per heavy atom. The van der Waals surface area contributed by atoms with Gasteiger partial charge in [-0.2, -0.15) is 0 Å². The fourth-order valence-electron chi connectivity index (χ4n) is 2.27. The number of hydrogen-bond acceptors (Lipinski definition) is 4. The number of carbonyl (C=O) groups excluding carboxylic acids is 1. The van der Waals surface area contributed by atoms with E-state index in [0.29, 0.717) is 11.1 Å². The summed E-state index contributed by atoms with van der Waals surface area (Å²) in [5.74, 6) is -1.29. The quantitative estimate of drug-likeness (QED) is 0.707. The van der Waals surface area contributed by atoms with Gasteiger partial charge >= 0.3 is 5.91 Å². The van der Waals surface area contributed by atoms with E-state index >= 15 is 0 Å². The van der Waals surface area contributed by atoms with E-state index in [1.54, 1.807) is 24.3 Å². The van der Waals surface area contributed by atoms with Crippen molar-refractivity contribution >= 4 is 16.7 Å². The molecule has 0 atom stereocenters. The first-order valence-electron chi connectivity index (χ1n) is 6.13. The summed E-state index contributed by atoms with van der Waals surface area (Å²) in [5.41, 5.74) is 0.628. The lowest BCUT2D eigenvalue weighted by molar-refractivity contribution is 0.100. The first-order valence-corrected chi connectivity index (χ1v) is 6.13. The zero-order chi connectivity index (χ0) is 15.0. The fourth-order valence-corrected chi connectivity index (χ4v) is 2.27. The van der Waals surface area contributed by atoms with E-state index in [-0.39, 0.29) is 22.7 Å². The van der Waals surface area contributed by atoms with E-state index in [4.69, 9.17) is 0 Å². The van der Waals surface area contributed by atoms with Gasteiger partial charge in [-0.1, -0.05) is 18.2 Å². The molecule has 104 valence electrons. The minimum Gasteiger partial charge on any atom is -0.494 e. The lowest BCUT2D eigenvalue weighted by Crippen LogP contribution is -1.92. The number of fused-ring (bicyclic) bond motifs is 1. The van der Waals surface area contributed by atoms with Crippen molar-refractivity contribution in [2.75, 3.05) is 0 Å². The Morgan fingerprint density at radius 1 is 0.952 bits per heavy atom. The summed E-state index contributed by atoms with van der Waals surface area (Å²) in [5, 5.41) is 23.5. The second-order valence-corrected chi connectivity index (χ2v) is 4.47. The number of hydrogen-bond donors (Lipinski definition) is 2. The van der Waals surface area contributed by atoms with Gasteiger partial charge in [0.2, 0.25) is 11.8 Å². The molecular formula is C15H10N2O4. The third kappa shape index (κ3) is 1.93. The monoisotopic (exact) mass is 282 g/mol. The summed E-state index contributed by atoms with van der Waals surface area (Å²) in [7, 11) is 0. The molecule has 0 unspecified atom stereocenters. The Kier molecular flexibility index (Phi) is 2.91. The Hall–Kier alpha value is -3.15. The van der Waals surface area contributed by atoms with Gasteiger partial charge in [-0.05, 0) is 30.3 Å². The Balaban J connectivity index is 2.29. The number of rotatable bonds is 2. The number of nitrogens with zero attached hydrogens (tertiary/aromatic N) is 2. The molecule has 0 aliphatic carbocycles. The summed E-state index contributed by atoms with van der Waals surface area (Å²) in [6.45, 7) is 0. The number of benzene rings is 2. The van der Waals surface area contributed by atoms with Crippen LogP contribution in [0.2, 0.25) is 0 Å². The van der Waals surface area contributed by atoms with Crippen LogP contribution in [0.5, 0.6) is 11.8 Å². The van der Waals surface area contributed by atoms with Gasteiger partial charge in [-0.3, -0.25) is 9.36 Å². The van der Waals surface area contributed by atoms with Gasteiger partial charge in [0.1, 0.15) is 0 Å². The van der Waals surface area contributed by atoms with E-state index in [0.717, 1.165) is 0 Å². The summed E-state index contributed by atoms with van der Waals surface area (Å²) >= 11 is 0. The lowest BCUT2D eigenvalue weighted by atomic mass is 10.1. The van der Waals surface area contributed by atoms with Crippen LogP contribution >= 0.6 is 0 Å². The average Bonchev–Trinajstić information content (AvgIpc) is 2.78. The molecule has 0 aliphatic heterocycles. The molecular weight excluding hydrogens is 272 g/mol. The minimum atomic E-state index is -0.928. The molecule has 0 spiro atoms. The molecule has 2 aromatic carbocycles. The number of nitroso groups, excluding NO2 is 1. The molecule has 6 nitrogen and oxygen atoms in total. The first-order chi connectivity index (χ1) is 10.1. The van der Waals surface area contributed by atoms with Gasteiger partial charge in [0.05, 0.1) is 5.69 Å². The Bertz CT molecular complexity index is 853. The van der Waals surface area contributed by atoms with Crippen LogP contribution in [0.25, 0.3) is 16.5 Å². The topological polar surface area (TPSA) is 91.9 Å². The summed E-state index contributed by atoms with van der Waals surface area (Å²) in [6, 6.07) is 13.0. The second kappa shape index (κ2) is 4.75. The maximum atomic E-state index is 11.3. The van der Waals surface area contributed by atoms with Crippen LogP contribution < -0.4 is 0 Å². The molecule has 0 saturated heterocycles. The number of para-hydroxylation sites is 1. The van der Waals surface area contributed by atoms with Gasteiger partial charge in [-0.15, -0.1) is 4.91 Å². The highest BCUT2D eigenvalue weighted by Crippen LogP contribution is 2.39. The summed E-state index contributed by atoms with van der Waals surface area (Å²) in [6.07, 6.45) is 0. The van der Waals surface area contributed by atoms with E-state index in [2.05, 4.69) is 5.18 Å². The number of amides is 1. The van der Waals surface area contributed by atoms with Crippen molar-refractivity contribution < 1.29 is 15.0 Å². The Labute approximate surface area is 118 Å². The molecule has 2 N–H and O–H groups in total. The van der Waals surface area contributed by atoms with E-state index in [1.165, 1.54) is 22.8 Å². The molecule has 3 rings (SSSR count). The van der Waals surface area contributed by atoms with Crippen LogP contribution in [0.4, 0.5) is 0 Å². The van der Waals surface area contributed by atoms with Gasteiger partial charge in [-0.25, -0.2) is 0 Å². The molecule has 0 radical (unpaired) electrons. The van der Waals surface area contributed by atoms with Crippen LogP contribution in [0.3, 0.4) is 0 Å². The van der Waals surface area contributed by atoms with Crippen molar-refractivity contribution in [1.82, 2.24) is 4.57 Å². The van der Waals surface area contributed by atoms with Crippen molar-refractivity contribution in [3.8, 4) is 17.4 Å². The maximum Gasteiger partial charge on any atom is 0.316 e. The van der Waals surface area contributed by atoms with Crippen molar-refractivity contribution in [3.63, 3.8) is 0 Å². The van der Waals surface area contributed by atoms with Crippen molar-refractivity contribution in [3.05, 3.63) is 59.0 Å². The number of aromatic hydroxyl groups is 2. The highest BCUT2D eigenvalue weighted by Gasteiger charge is 2.18. The predicted molar refractivity (Wildman–Crippen MR) is 76.7 cm³/mol.